The zero-order valence-corrected chi connectivity index (χ0v) is 10.9. The smallest absolute Gasteiger partial charge is 0.222 e. The predicted octanol–water partition coefficient (Wildman–Crippen LogP) is 2.60. The zero-order valence-electron chi connectivity index (χ0n) is 10.9. The molecule has 0 aliphatic heterocycles. The van der Waals surface area contributed by atoms with E-state index in [2.05, 4.69) is 29.1 Å². The van der Waals surface area contributed by atoms with E-state index in [0.29, 0.717) is 17.9 Å². The molecule has 0 spiro atoms. The summed E-state index contributed by atoms with van der Waals surface area (Å²) in [4.78, 5) is 8.33. The third-order valence-corrected chi connectivity index (χ3v) is 3.91. The molecule has 0 aromatic carbocycles. The van der Waals surface area contributed by atoms with Crippen molar-refractivity contribution in [3.8, 4) is 0 Å². The van der Waals surface area contributed by atoms with Crippen molar-refractivity contribution in [2.45, 2.75) is 46.1 Å². The Morgan fingerprint density at radius 1 is 1.29 bits per heavy atom. The zero-order chi connectivity index (χ0) is 12.4. The van der Waals surface area contributed by atoms with E-state index in [1.165, 1.54) is 19.3 Å². The fourth-order valence-electron chi connectivity index (χ4n) is 2.64. The molecule has 3 N–H and O–H groups in total. The van der Waals surface area contributed by atoms with Crippen molar-refractivity contribution in [2.75, 3.05) is 11.1 Å². The highest BCUT2D eigenvalue weighted by Crippen LogP contribution is 2.31. The van der Waals surface area contributed by atoms with Gasteiger partial charge in [-0.3, -0.25) is 0 Å². The van der Waals surface area contributed by atoms with Crippen LogP contribution in [0.1, 0.15) is 38.8 Å². The van der Waals surface area contributed by atoms with Gasteiger partial charge in [-0.05, 0) is 25.2 Å². The van der Waals surface area contributed by atoms with Crippen LogP contribution in [0.5, 0.6) is 0 Å². The fraction of sp³-hybridized carbons (Fsp3) is 0.692. The summed E-state index contributed by atoms with van der Waals surface area (Å²) in [6, 6.07) is 2.47. The maximum absolute atomic E-state index is 5.66. The molecule has 0 bridgehead atoms. The first-order valence-electron chi connectivity index (χ1n) is 6.44. The third kappa shape index (κ3) is 2.87. The lowest BCUT2D eigenvalue weighted by molar-refractivity contribution is 0.253. The second-order valence-corrected chi connectivity index (χ2v) is 5.27. The van der Waals surface area contributed by atoms with E-state index in [0.717, 1.165) is 17.4 Å². The lowest BCUT2D eigenvalue weighted by atomic mass is 9.78. The average molecular weight is 234 g/mol. The number of aromatic nitrogens is 2. The summed E-state index contributed by atoms with van der Waals surface area (Å²) in [5.41, 5.74) is 6.58. The molecule has 0 saturated heterocycles. The lowest BCUT2D eigenvalue weighted by Gasteiger charge is -2.34. The van der Waals surface area contributed by atoms with Crippen molar-refractivity contribution in [1.82, 2.24) is 9.97 Å². The Hall–Kier alpha value is -1.32. The molecule has 4 nitrogen and oxygen atoms in total. The number of rotatable bonds is 2. The fourth-order valence-corrected chi connectivity index (χ4v) is 2.64. The Bertz CT molecular complexity index is 371. The van der Waals surface area contributed by atoms with Gasteiger partial charge in [-0.2, -0.15) is 4.98 Å². The van der Waals surface area contributed by atoms with Gasteiger partial charge in [-0.1, -0.05) is 26.7 Å². The molecule has 1 aromatic heterocycles. The van der Waals surface area contributed by atoms with Gasteiger partial charge >= 0.3 is 0 Å². The minimum atomic E-state index is 0.351. The third-order valence-electron chi connectivity index (χ3n) is 3.91. The SMILES string of the molecule is Cc1cc(NC2CCCC(C)C2C)nc(N)n1. The summed E-state index contributed by atoms with van der Waals surface area (Å²) < 4.78 is 0. The first-order valence-corrected chi connectivity index (χ1v) is 6.44. The van der Waals surface area contributed by atoms with Gasteiger partial charge in [0.05, 0.1) is 0 Å². The molecule has 0 radical (unpaired) electrons. The average Bonchev–Trinajstić information content (AvgIpc) is 2.23. The highest BCUT2D eigenvalue weighted by atomic mass is 15.1. The van der Waals surface area contributed by atoms with Crippen molar-refractivity contribution in [2.24, 2.45) is 11.8 Å². The molecule has 1 aliphatic rings. The molecule has 0 amide bonds. The highest BCUT2D eigenvalue weighted by Gasteiger charge is 2.27. The second kappa shape index (κ2) is 4.90. The summed E-state index contributed by atoms with van der Waals surface area (Å²) in [6.45, 7) is 6.59. The monoisotopic (exact) mass is 234 g/mol. The number of hydrogen-bond acceptors (Lipinski definition) is 4. The largest absolute Gasteiger partial charge is 0.368 e. The Morgan fingerprint density at radius 2 is 2.06 bits per heavy atom. The Labute approximate surface area is 103 Å². The number of nitrogens with two attached hydrogens (primary N) is 1. The molecule has 1 aliphatic carbocycles. The van der Waals surface area contributed by atoms with Gasteiger partial charge in [0, 0.05) is 17.8 Å². The van der Waals surface area contributed by atoms with E-state index < -0.39 is 0 Å². The van der Waals surface area contributed by atoms with Gasteiger partial charge in [0.15, 0.2) is 0 Å². The molecule has 1 fully saturated rings. The van der Waals surface area contributed by atoms with Crippen molar-refractivity contribution in [3.05, 3.63) is 11.8 Å². The predicted molar refractivity (Wildman–Crippen MR) is 70.8 cm³/mol. The summed E-state index contributed by atoms with van der Waals surface area (Å²) in [7, 11) is 0. The van der Waals surface area contributed by atoms with Gasteiger partial charge in [0.1, 0.15) is 5.82 Å². The molecule has 94 valence electrons. The molecule has 4 heteroatoms. The van der Waals surface area contributed by atoms with Crippen LogP contribution in [0.15, 0.2) is 6.07 Å². The van der Waals surface area contributed by atoms with Crippen LogP contribution >= 0.6 is 0 Å². The van der Waals surface area contributed by atoms with E-state index >= 15 is 0 Å². The first-order chi connectivity index (χ1) is 8.06. The summed E-state index contributed by atoms with van der Waals surface area (Å²) in [5, 5.41) is 3.51. The van der Waals surface area contributed by atoms with E-state index in [4.69, 9.17) is 5.73 Å². The molecule has 3 atom stereocenters. The molecule has 1 saturated carbocycles. The van der Waals surface area contributed by atoms with E-state index in [-0.39, 0.29) is 0 Å². The number of aryl methyl sites for hydroxylation is 1. The van der Waals surface area contributed by atoms with Gasteiger partial charge in [-0.25, -0.2) is 4.98 Å². The molecule has 1 aromatic rings. The van der Waals surface area contributed by atoms with Gasteiger partial charge in [-0.15, -0.1) is 0 Å². The number of nitrogen functional groups attached to an aromatic ring is 1. The van der Waals surface area contributed by atoms with E-state index in [1.54, 1.807) is 0 Å². The first kappa shape index (κ1) is 12.1. The minimum absolute atomic E-state index is 0.351. The number of nitrogens with one attached hydrogen (secondary N) is 1. The molecule has 1 heterocycles. The van der Waals surface area contributed by atoms with Crippen molar-refractivity contribution >= 4 is 11.8 Å². The summed E-state index contributed by atoms with van der Waals surface area (Å²) in [6.07, 6.45) is 3.85. The van der Waals surface area contributed by atoms with Crippen molar-refractivity contribution in [3.63, 3.8) is 0 Å². The van der Waals surface area contributed by atoms with Crippen LogP contribution < -0.4 is 11.1 Å². The Balaban J connectivity index is 2.09. The molecule has 17 heavy (non-hydrogen) atoms. The topological polar surface area (TPSA) is 63.8 Å². The van der Waals surface area contributed by atoms with Crippen molar-refractivity contribution < 1.29 is 0 Å². The Kier molecular flexibility index (Phi) is 3.50. The van der Waals surface area contributed by atoms with Crippen molar-refractivity contribution in [1.29, 1.82) is 0 Å². The van der Waals surface area contributed by atoms with Crippen LogP contribution in [0.4, 0.5) is 11.8 Å². The highest BCUT2D eigenvalue weighted by molar-refractivity contribution is 5.41. The Morgan fingerprint density at radius 3 is 2.76 bits per heavy atom. The van der Waals surface area contributed by atoms with Crippen LogP contribution in [0.2, 0.25) is 0 Å². The molecular weight excluding hydrogens is 212 g/mol. The molecule has 3 unspecified atom stereocenters. The van der Waals surface area contributed by atoms with Crippen LogP contribution in [0, 0.1) is 18.8 Å². The van der Waals surface area contributed by atoms with Crippen LogP contribution in [0.3, 0.4) is 0 Å². The standard InChI is InChI=1S/C13H22N4/c1-8-5-4-6-11(10(8)3)16-12-7-9(2)15-13(14)17-12/h7-8,10-11H,4-6H2,1-3H3,(H3,14,15,16,17). The van der Waals surface area contributed by atoms with Gasteiger partial charge < -0.3 is 11.1 Å². The van der Waals surface area contributed by atoms with Gasteiger partial charge in [0.2, 0.25) is 5.95 Å². The number of nitrogens with zero attached hydrogens (tertiary/aromatic N) is 2. The second-order valence-electron chi connectivity index (χ2n) is 5.27. The maximum atomic E-state index is 5.66. The maximum Gasteiger partial charge on any atom is 0.222 e. The number of hydrogen-bond donors (Lipinski definition) is 2. The van der Waals surface area contributed by atoms with Crippen LogP contribution in [-0.2, 0) is 0 Å². The lowest BCUT2D eigenvalue weighted by Crippen LogP contribution is -2.35. The quantitative estimate of drug-likeness (QED) is 0.825. The molecular formula is C13H22N4. The minimum Gasteiger partial charge on any atom is -0.368 e. The van der Waals surface area contributed by atoms with Crippen LogP contribution in [-0.4, -0.2) is 16.0 Å². The normalized spacial score (nSPS) is 29.0. The van der Waals surface area contributed by atoms with E-state index in [9.17, 15) is 0 Å². The summed E-state index contributed by atoms with van der Waals surface area (Å²) >= 11 is 0. The summed E-state index contributed by atoms with van der Waals surface area (Å²) in [5.74, 6) is 2.67. The molecule has 2 rings (SSSR count). The number of anilines is 2. The van der Waals surface area contributed by atoms with Crippen LogP contribution in [0.25, 0.3) is 0 Å². The van der Waals surface area contributed by atoms with Gasteiger partial charge in [0.25, 0.3) is 0 Å². The van der Waals surface area contributed by atoms with E-state index in [1.807, 2.05) is 13.0 Å².